The predicted molar refractivity (Wildman–Crippen MR) is 124 cm³/mol. The normalized spacial score (nSPS) is 15.6. The molecule has 0 spiro atoms. The number of amides is 1. The molecule has 5 rings (SSSR count). The number of aliphatic hydroxyl groups excluding tert-OH is 2. The van der Waals surface area contributed by atoms with Crippen molar-refractivity contribution < 1.29 is 29.3 Å². The summed E-state index contributed by atoms with van der Waals surface area (Å²) in [6.45, 7) is 0.551. The van der Waals surface area contributed by atoms with E-state index in [9.17, 15) is 19.8 Å². The third kappa shape index (κ3) is 4.16. The van der Waals surface area contributed by atoms with Crippen molar-refractivity contribution in [2.75, 3.05) is 13.2 Å². The number of benzene rings is 3. The van der Waals surface area contributed by atoms with Crippen molar-refractivity contribution in [2.24, 2.45) is 0 Å². The number of cyclic esters (lactones) is 1. The standard InChI is InChI=1S/C27H25NO6/c29-24(25(30)16-9-10-17-14-33-26(31)22(17)13-16)11-12-28-27(32)34-15-23-20-7-3-1-5-18(20)19-6-2-4-8-21(19)23/h1-10,13,23-25,29-30H,11-12,14-15H2,(H,28,32). The minimum absolute atomic E-state index is 0.0305. The molecule has 2 atom stereocenters. The van der Waals surface area contributed by atoms with E-state index in [0.717, 1.165) is 27.8 Å². The summed E-state index contributed by atoms with van der Waals surface area (Å²) in [6, 6.07) is 21.1. The van der Waals surface area contributed by atoms with Crippen molar-refractivity contribution in [1.29, 1.82) is 0 Å². The van der Waals surface area contributed by atoms with Crippen LogP contribution >= 0.6 is 0 Å². The first-order valence-electron chi connectivity index (χ1n) is 11.3. The predicted octanol–water partition coefficient (Wildman–Crippen LogP) is 3.68. The van der Waals surface area contributed by atoms with Gasteiger partial charge >= 0.3 is 12.1 Å². The molecule has 0 saturated carbocycles. The minimum atomic E-state index is -1.19. The molecule has 1 aliphatic heterocycles. The highest BCUT2D eigenvalue weighted by Gasteiger charge is 2.29. The van der Waals surface area contributed by atoms with Crippen LogP contribution in [0, 0.1) is 0 Å². The zero-order valence-electron chi connectivity index (χ0n) is 18.4. The van der Waals surface area contributed by atoms with Crippen LogP contribution in [0.1, 0.15) is 51.1 Å². The van der Waals surface area contributed by atoms with Crippen LogP contribution in [0.15, 0.2) is 66.7 Å². The molecule has 2 unspecified atom stereocenters. The molecule has 3 aromatic rings. The summed E-state index contributed by atoms with van der Waals surface area (Å²) in [7, 11) is 0. The molecule has 1 amide bonds. The van der Waals surface area contributed by atoms with Crippen LogP contribution in [0.3, 0.4) is 0 Å². The van der Waals surface area contributed by atoms with Gasteiger partial charge in [0.05, 0.1) is 11.7 Å². The molecular formula is C27H25NO6. The molecule has 1 heterocycles. The van der Waals surface area contributed by atoms with Crippen LogP contribution < -0.4 is 5.32 Å². The van der Waals surface area contributed by atoms with E-state index in [-0.39, 0.29) is 32.1 Å². The highest BCUT2D eigenvalue weighted by molar-refractivity contribution is 5.93. The van der Waals surface area contributed by atoms with Crippen LogP contribution in [0.25, 0.3) is 11.1 Å². The van der Waals surface area contributed by atoms with Crippen molar-refractivity contribution in [3.8, 4) is 11.1 Å². The number of alkyl carbamates (subject to hydrolysis) is 1. The first kappa shape index (κ1) is 22.1. The fraction of sp³-hybridized carbons (Fsp3) is 0.259. The van der Waals surface area contributed by atoms with Gasteiger partial charge in [0.1, 0.15) is 19.3 Å². The van der Waals surface area contributed by atoms with Gasteiger partial charge in [0, 0.05) is 18.0 Å². The number of hydrogen-bond donors (Lipinski definition) is 3. The number of esters is 1. The molecule has 1 aliphatic carbocycles. The van der Waals surface area contributed by atoms with Gasteiger partial charge in [0.25, 0.3) is 0 Å². The van der Waals surface area contributed by atoms with E-state index in [4.69, 9.17) is 9.47 Å². The van der Waals surface area contributed by atoms with Crippen LogP contribution in [0.5, 0.6) is 0 Å². The molecule has 0 bridgehead atoms. The summed E-state index contributed by atoms with van der Waals surface area (Å²) in [6.07, 6.45) is -2.77. The second-order valence-electron chi connectivity index (χ2n) is 8.55. The average Bonchev–Trinajstić information content (AvgIpc) is 3.39. The number of rotatable bonds is 7. The van der Waals surface area contributed by atoms with Crippen molar-refractivity contribution >= 4 is 12.1 Å². The number of hydrogen-bond acceptors (Lipinski definition) is 6. The second-order valence-corrected chi connectivity index (χ2v) is 8.55. The fourth-order valence-electron chi connectivity index (χ4n) is 4.67. The van der Waals surface area contributed by atoms with Crippen LogP contribution in [-0.4, -0.2) is 41.5 Å². The van der Waals surface area contributed by atoms with E-state index in [1.807, 2.05) is 24.3 Å². The van der Waals surface area contributed by atoms with Crippen LogP contribution in [0.2, 0.25) is 0 Å². The summed E-state index contributed by atoms with van der Waals surface area (Å²) in [4.78, 5) is 24.0. The molecule has 174 valence electrons. The molecule has 3 N–H and O–H groups in total. The number of ether oxygens (including phenoxy) is 2. The van der Waals surface area contributed by atoms with Gasteiger partial charge in [-0.3, -0.25) is 0 Å². The van der Waals surface area contributed by atoms with Gasteiger partial charge < -0.3 is 25.0 Å². The lowest BCUT2D eigenvalue weighted by molar-refractivity contribution is 0.0136. The van der Waals surface area contributed by atoms with Gasteiger partial charge in [-0.2, -0.15) is 0 Å². The largest absolute Gasteiger partial charge is 0.457 e. The highest BCUT2D eigenvalue weighted by Crippen LogP contribution is 2.44. The van der Waals surface area contributed by atoms with Gasteiger partial charge in [-0.1, -0.05) is 60.7 Å². The summed E-state index contributed by atoms with van der Waals surface area (Å²) < 4.78 is 10.4. The zero-order valence-corrected chi connectivity index (χ0v) is 18.4. The molecule has 7 nitrogen and oxygen atoms in total. The Labute approximate surface area is 197 Å². The Bertz CT molecular complexity index is 1190. The minimum Gasteiger partial charge on any atom is -0.457 e. The van der Waals surface area contributed by atoms with Crippen LogP contribution in [-0.2, 0) is 16.1 Å². The summed E-state index contributed by atoms with van der Waals surface area (Å²) >= 11 is 0. The quantitative estimate of drug-likeness (QED) is 0.466. The number of carbonyl (C=O) groups excluding carboxylic acids is 2. The molecule has 0 fully saturated rings. The second kappa shape index (κ2) is 9.29. The lowest BCUT2D eigenvalue weighted by Gasteiger charge is -2.19. The lowest BCUT2D eigenvalue weighted by atomic mass is 9.98. The first-order valence-corrected chi connectivity index (χ1v) is 11.3. The highest BCUT2D eigenvalue weighted by atomic mass is 16.5. The maximum Gasteiger partial charge on any atom is 0.407 e. The van der Waals surface area contributed by atoms with E-state index in [1.54, 1.807) is 12.1 Å². The summed E-state index contributed by atoms with van der Waals surface area (Å²) in [5, 5.41) is 23.5. The van der Waals surface area contributed by atoms with Gasteiger partial charge in [0.2, 0.25) is 0 Å². The number of nitrogens with one attached hydrogen (secondary N) is 1. The van der Waals surface area contributed by atoms with Crippen molar-refractivity contribution in [2.45, 2.75) is 31.2 Å². The lowest BCUT2D eigenvalue weighted by Crippen LogP contribution is -2.30. The maximum atomic E-state index is 12.3. The smallest absolute Gasteiger partial charge is 0.407 e. The third-order valence-electron chi connectivity index (χ3n) is 6.47. The van der Waals surface area contributed by atoms with E-state index in [1.165, 1.54) is 6.07 Å². The fourth-order valence-corrected chi connectivity index (χ4v) is 4.67. The van der Waals surface area contributed by atoms with Gasteiger partial charge in [-0.25, -0.2) is 9.59 Å². The van der Waals surface area contributed by atoms with E-state index >= 15 is 0 Å². The monoisotopic (exact) mass is 459 g/mol. The topological polar surface area (TPSA) is 105 Å². The molecule has 3 aromatic carbocycles. The van der Waals surface area contributed by atoms with Crippen molar-refractivity contribution in [3.63, 3.8) is 0 Å². The first-order chi connectivity index (χ1) is 16.5. The molecule has 0 radical (unpaired) electrons. The van der Waals surface area contributed by atoms with Gasteiger partial charge in [-0.05, 0) is 40.3 Å². The van der Waals surface area contributed by atoms with Gasteiger partial charge in [0.15, 0.2) is 0 Å². The number of aliphatic hydroxyl groups is 2. The van der Waals surface area contributed by atoms with E-state index < -0.39 is 24.3 Å². The Kier molecular flexibility index (Phi) is 6.04. The zero-order chi connectivity index (χ0) is 23.7. The molecule has 7 heteroatoms. The van der Waals surface area contributed by atoms with Crippen LogP contribution in [0.4, 0.5) is 4.79 Å². The van der Waals surface area contributed by atoms with Crippen molar-refractivity contribution in [3.05, 3.63) is 94.5 Å². The molecule has 0 saturated heterocycles. The average molecular weight is 459 g/mol. The molecule has 0 aromatic heterocycles. The maximum absolute atomic E-state index is 12.3. The summed E-state index contributed by atoms with van der Waals surface area (Å²) in [5.74, 6) is -0.465. The van der Waals surface area contributed by atoms with E-state index in [0.29, 0.717) is 11.1 Å². The molecular weight excluding hydrogens is 434 g/mol. The Morgan fingerprint density at radius 2 is 1.68 bits per heavy atom. The number of fused-ring (bicyclic) bond motifs is 4. The Morgan fingerprint density at radius 1 is 1.00 bits per heavy atom. The number of carbonyl (C=O) groups is 2. The SMILES string of the molecule is O=C(NCCC(O)C(O)c1ccc2c(c1)C(=O)OC2)OCC1c2ccccc2-c2ccccc21. The molecule has 2 aliphatic rings. The Morgan fingerprint density at radius 3 is 2.38 bits per heavy atom. The Balaban J connectivity index is 1.13. The van der Waals surface area contributed by atoms with E-state index in [2.05, 4.69) is 29.6 Å². The summed E-state index contributed by atoms with van der Waals surface area (Å²) in [5.41, 5.74) is 6.16. The Hall–Kier alpha value is -3.68. The molecule has 34 heavy (non-hydrogen) atoms. The third-order valence-corrected chi connectivity index (χ3v) is 6.47. The van der Waals surface area contributed by atoms with Crippen molar-refractivity contribution in [1.82, 2.24) is 5.32 Å². The van der Waals surface area contributed by atoms with Gasteiger partial charge in [-0.15, -0.1) is 0 Å².